The molecule has 2 aliphatic rings. The van der Waals surface area contributed by atoms with Crippen LogP contribution in [0.2, 0.25) is 0 Å². The van der Waals surface area contributed by atoms with E-state index in [0.29, 0.717) is 11.0 Å². The summed E-state index contributed by atoms with van der Waals surface area (Å²) in [7, 11) is 0. The van der Waals surface area contributed by atoms with Crippen LogP contribution in [0.15, 0.2) is 0 Å². The van der Waals surface area contributed by atoms with Crippen LogP contribution in [0.3, 0.4) is 0 Å². The first kappa shape index (κ1) is 11.0. The fourth-order valence-corrected chi connectivity index (χ4v) is 2.77. The Morgan fingerprint density at radius 3 is 2.71 bits per heavy atom. The number of hydrogen-bond acceptors (Lipinski definition) is 5. The molecule has 5 nitrogen and oxygen atoms in total. The van der Waals surface area contributed by atoms with Crippen LogP contribution in [-0.2, 0) is 4.79 Å². The highest BCUT2D eigenvalue weighted by Crippen LogP contribution is 2.43. The minimum Gasteiger partial charge on any atom is -0.480 e. The zero-order chi connectivity index (χ0) is 12.0. The van der Waals surface area contributed by atoms with E-state index in [0.717, 1.165) is 31.5 Å². The van der Waals surface area contributed by atoms with Gasteiger partial charge in [-0.15, -0.1) is 0 Å². The molecule has 0 radical (unpaired) electrons. The first-order valence-electron chi connectivity index (χ1n) is 5.95. The molecule has 17 heavy (non-hydrogen) atoms. The van der Waals surface area contributed by atoms with Crippen molar-refractivity contribution in [2.24, 2.45) is 5.92 Å². The normalized spacial score (nSPS) is 23.1. The van der Waals surface area contributed by atoms with Crippen LogP contribution in [0.4, 0.5) is 5.13 Å². The average Bonchev–Trinajstić information content (AvgIpc) is 3.17. The van der Waals surface area contributed by atoms with Crippen molar-refractivity contribution >= 4 is 22.6 Å². The van der Waals surface area contributed by atoms with E-state index >= 15 is 0 Å². The van der Waals surface area contributed by atoms with Crippen LogP contribution in [0, 0.1) is 5.92 Å². The predicted octanol–water partition coefficient (Wildman–Crippen LogP) is 2.08. The van der Waals surface area contributed by atoms with Gasteiger partial charge in [-0.3, -0.25) is 0 Å². The molecule has 0 spiro atoms. The molecule has 0 aromatic carbocycles. The summed E-state index contributed by atoms with van der Waals surface area (Å²) < 4.78 is 4.28. The Kier molecular flexibility index (Phi) is 2.36. The van der Waals surface area contributed by atoms with Gasteiger partial charge in [0.25, 0.3) is 0 Å². The standard InChI is InChI=1S/C11H15N3O2S/c1-11(9(15)16,7-4-5-7)13-10-12-8(14-17-10)6-2-3-6/h6-7H,2-5H2,1H3,(H,15,16)(H,12,13,14). The molecule has 0 bridgehead atoms. The molecule has 0 aliphatic heterocycles. The van der Waals surface area contributed by atoms with Crippen LogP contribution in [0.5, 0.6) is 0 Å². The number of nitrogens with one attached hydrogen (secondary N) is 1. The first-order chi connectivity index (χ1) is 8.09. The van der Waals surface area contributed by atoms with Crippen molar-refractivity contribution < 1.29 is 9.90 Å². The second-order valence-electron chi connectivity index (χ2n) is 5.14. The number of nitrogens with zero attached hydrogens (tertiary/aromatic N) is 2. The fourth-order valence-electron chi connectivity index (χ4n) is 2.01. The second-order valence-corrected chi connectivity index (χ2v) is 5.89. The Morgan fingerprint density at radius 2 is 2.18 bits per heavy atom. The molecule has 2 fully saturated rings. The molecule has 1 unspecified atom stereocenters. The zero-order valence-corrected chi connectivity index (χ0v) is 10.5. The van der Waals surface area contributed by atoms with E-state index in [1.807, 2.05) is 0 Å². The van der Waals surface area contributed by atoms with Gasteiger partial charge in [0.2, 0.25) is 5.13 Å². The third-order valence-electron chi connectivity index (χ3n) is 3.59. The van der Waals surface area contributed by atoms with Crippen LogP contribution in [0.25, 0.3) is 0 Å². The SMILES string of the molecule is CC(Nc1nc(C2CC2)ns1)(C(=O)O)C1CC1. The number of aliphatic carboxylic acids is 1. The number of carboxylic acid groups (broad SMARTS) is 1. The van der Waals surface area contributed by atoms with Crippen LogP contribution < -0.4 is 5.32 Å². The summed E-state index contributed by atoms with van der Waals surface area (Å²) in [6, 6.07) is 0. The van der Waals surface area contributed by atoms with Crippen LogP contribution in [0.1, 0.15) is 44.3 Å². The molecular formula is C11H15N3O2S. The van der Waals surface area contributed by atoms with Crippen molar-refractivity contribution in [2.45, 2.75) is 44.1 Å². The maximum absolute atomic E-state index is 11.4. The lowest BCUT2D eigenvalue weighted by atomic mass is 9.96. The molecule has 2 N–H and O–H groups in total. The first-order valence-corrected chi connectivity index (χ1v) is 6.72. The van der Waals surface area contributed by atoms with Crippen molar-refractivity contribution in [1.82, 2.24) is 9.36 Å². The molecule has 0 amide bonds. The van der Waals surface area contributed by atoms with Crippen LogP contribution >= 0.6 is 11.5 Å². The molecular weight excluding hydrogens is 238 g/mol. The zero-order valence-electron chi connectivity index (χ0n) is 9.64. The summed E-state index contributed by atoms with van der Waals surface area (Å²) in [6.45, 7) is 1.74. The molecule has 1 atom stereocenters. The fraction of sp³-hybridized carbons (Fsp3) is 0.727. The molecule has 3 rings (SSSR count). The van der Waals surface area contributed by atoms with E-state index in [1.54, 1.807) is 6.92 Å². The van der Waals surface area contributed by atoms with Gasteiger partial charge in [-0.25, -0.2) is 9.78 Å². The quantitative estimate of drug-likeness (QED) is 0.840. The molecule has 0 saturated heterocycles. The van der Waals surface area contributed by atoms with Gasteiger partial charge in [0.1, 0.15) is 11.4 Å². The second kappa shape index (κ2) is 3.66. The summed E-state index contributed by atoms with van der Waals surface area (Å²) in [6.07, 6.45) is 4.28. The van der Waals surface area contributed by atoms with Gasteiger partial charge in [0, 0.05) is 17.5 Å². The number of carboxylic acids is 1. The van der Waals surface area contributed by atoms with Crippen LogP contribution in [-0.4, -0.2) is 26.0 Å². The van der Waals surface area contributed by atoms with Crippen molar-refractivity contribution in [3.8, 4) is 0 Å². The molecule has 1 heterocycles. The summed E-state index contributed by atoms with van der Waals surface area (Å²) in [5, 5.41) is 13.0. The molecule has 92 valence electrons. The molecule has 2 aliphatic carbocycles. The largest absolute Gasteiger partial charge is 0.480 e. The maximum Gasteiger partial charge on any atom is 0.329 e. The molecule has 1 aromatic rings. The van der Waals surface area contributed by atoms with Gasteiger partial charge in [-0.1, -0.05) is 0 Å². The lowest BCUT2D eigenvalue weighted by molar-refractivity contribution is -0.142. The number of anilines is 1. The van der Waals surface area contributed by atoms with Crippen molar-refractivity contribution in [2.75, 3.05) is 5.32 Å². The minimum absolute atomic E-state index is 0.216. The van der Waals surface area contributed by atoms with Crippen molar-refractivity contribution in [1.29, 1.82) is 0 Å². The Hall–Kier alpha value is -1.17. The monoisotopic (exact) mass is 253 g/mol. The number of rotatable bonds is 5. The molecule has 6 heteroatoms. The lowest BCUT2D eigenvalue weighted by Crippen LogP contribution is -2.45. The van der Waals surface area contributed by atoms with Gasteiger partial charge < -0.3 is 10.4 Å². The van der Waals surface area contributed by atoms with E-state index < -0.39 is 11.5 Å². The maximum atomic E-state index is 11.4. The van der Waals surface area contributed by atoms with E-state index in [-0.39, 0.29) is 5.92 Å². The van der Waals surface area contributed by atoms with E-state index in [2.05, 4.69) is 14.7 Å². The topological polar surface area (TPSA) is 75.1 Å². The molecule has 1 aromatic heterocycles. The van der Waals surface area contributed by atoms with Gasteiger partial charge in [-0.2, -0.15) is 4.37 Å². The highest BCUT2D eigenvalue weighted by Gasteiger charge is 2.48. The predicted molar refractivity (Wildman–Crippen MR) is 64.3 cm³/mol. The third-order valence-corrected chi connectivity index (χ3v) is 4.23. The Morgan fingerprint density at radius 1 is 1.47 bits per heavy atom. The Labute approximate surface area is 103 Å². The smallest absolute Gasteiger partial charge is 0.329 e. The van der Waals surface area contributed by atoms with E-state index in [1.165, 1.54) is 11.5 Å². The van der Waals surface area contributed by atoms with Crippen molar-refractivity contribution in [3.63, 3.8) is 0 Å². The lowest BCUT2D eigenvalue weighted by Gasteiger charge is -2.25. The van der Waals surface area contributed by atoms with Gasteiger partial charge in [0.05, 0.1) is 0 Å². The minimum atomic E-state index is -0.889. The average molecular weight is 253 g/mol. The molecule has 2 saturated carbocycles. The highest BCUT2D eigenvalue weighted by molar-refractivity contribution is 7.09. The Balaban J connectivity index is 1.76. The van der Waals surface area contributed by atoms with E-state index in [4.69, 9.17) is 0 Å². The summed E-state index contributed by atoms with van der Waals surface area (Å²) >= 11 is 1.27. The highest BCUT2D eigenvalue weighted by atomic mass is 32.1. The van der Waals surface area contributed by atoms with Gasteiger partial charge in [-0.05, 0) is 38.5 Å². The third kappa shape index (κ3) is 2.01. The van der Waals surface area contributed by atoms with E-state index in [9.17, 15) is 9.90 Å². The Bertz CT molecular complexity index is 453. The number of aromatic nitrogens is 2. The summed E-state index contributed by atoms with van der Waals surface area (Å²) in [5.74, 6) is 0.802. The number of hydrogen-bond donors (Lipinski definition) is 2. The van der Waals surface area contributed by atoms with Crippen molar-refractivity contribution in [3.05, 3.63) is 5.82 Å². The number of carbonyl (C=O) groups is 1. The van der Waals surface area contributed by atoms with Gasteiger partial charge >= 0.3 is 5.97 Å². The summed E-state index contributed by atoms with van der Waals surface area (Å²) in [5.41, 5.74) is -0.889. The summed E-state index contributed by atoms with van der Waals surface area (Å²) in [4.78, 5) is 15.7. The van der Waals surface area contributed by atoms with Gasteiger partial charge in [0.15, 0.2) is 0 Å².